The molecule has 0 spiro atoms. The van der Waals surface area contributed by atoms with Crippen LogP contribution in [0.15, 0.2) is 60.4 Å². The second-order valence-corrected chi connectivity index (χ2v) is 6.56. The summed E-state index contributed by atoms with van der Waals surface area (Å²) < 4.78 is 41.5. The Morgan fingerprint density at radius 2 is 2.00 bits per heavy atom. The third-order valence-electron chi connectivity index (χ3n) is 3.92. The molecule has 4 rings (SSSR count). The zero-order valence-corrected chi connectivity index (χ0v) is 14.4. The molecule has 27 heavy (non-hydrogen) atoms. The summed E-state index contributed by atoms with van der Waals surface area (Å²) in [5.41, 5.74) is 2.24. The average molecular weight is 388 g/mol. The molecule has 0 atom stereocenters. The standard InChI is InChI=1S/C18H11F3N4OS/c19-18(20,21)12-3-5-15(25-7-1-6-23-25)14(9-12)24-17(26)11-2-4-13-16(8-11)27-10-22-13/h1-10H,(H,24,26). The van der Waals surface area contributed by atoms with E-state index in [0.717, 1.165) is 22.3 Å². The Balaban J connectivity index is 1.73. The number of benzene rings is 2. The van der Waals surface area contributed by atoms with Crippen LogP contribution in [0.5, 0.6) is 0 Å². The van der Waals surface area contributed by atoms with E-state index in [1.54, 1.807) is 36.0 Å². The topological polar surface area (TPSA) is 59.8 Å². The van der Waals surface area contributed by atoms with Crippen LogP contribution in [0.2, 0.25) is 0 Å². The van der Waals surface area contributed by atoms with Crippen molar-refractivity contribution in [3.8, 4) is 5.69 Å². The lowest BCUT2D eigenvalue weighted by Gasteiger charge is -2.14. The first-order valence-corrected chi connectivity index (χ1v) is 8.66. The van der Waals surface area contributed by atoms with Crippen molar-refractivity contribution in [3.05, 3.63) is 71.5 Å². The molecule has 2 aromatic heterocycles. The number of nitrogens with one attached hydrogen (secondary N) is 1. The van der Waals surface area contributed by atoms with Gasteiger partial charge >= 0.3 is 6.18 Å². The molecule has 0 aliphatic heterocycles. The minimum Gasteiger partial charge on any atom is -0.320 e. The number of aromatic nitrogens is 3. The molecule has 0 unspecified atom stereocenters. The van der Waals surface area contributed by atoms with Gasteiger partial charge in [-0.05, 0) is 42.5 Å². The van der Waals surface area contributed by atoms with Gasteiger partial charge in [-0.1, -0.05) is 0 Å². The number of hydrogen-bond acceptors (Lipinski definition) is 4. The molecule has 0 radical (unpaired) electrons. The van der Waals surface area contributed by atoms with Crippen molar-refractivity contribution in [1.82, 2.24) is 14.8 Å². The average Bonchev–Trinajstić information content (AvgIpc) is 3.32. The molecule has 0 aliphatic rings. The van der Waals surface area contributed by atoms with Crippen molar-refractivity contribution >= 4 is 33.1 Å². The highest BCUT2D eigenvalue weighted by Gasteiger charge is 2.31. The summed E-state index contributed by atoms with van der Waals surface area (Å²) in [5, 5.41) is 6.60. The third kappa shape index (κ3) is 3.41. The van der Waals surface area contributed by atoms with Crippen molar-refractivity contribution in [2.24, 2.45) is 0 Å². The molecule has 0 bridgehead atoms. The Labute approximate surface area is 155 Å². The number of alkyl halides is 3. The molecule has 4 aromatic rings. The number of halogens is 3. The monoisotopic (exact) mass is 388 g/mol. The molecule has 2 aromatic carbocycles. The van der Waals surface area contributed by atoms with Crippen LogP contribution in [0.4, 0.5) is 18.9 Å². The normalized spacial score (nSPS) is 11.7. The number of fused-ring (bicyclic) bond motifs is 1. The zero-order valence-electron chi connectivity index (χ0n) is 13.6. The van der Waals surface area contributed by atoms with Gasteiger partial charge in [-0.2, -0.15) is 18.3 Å². The molecule has 1 amide bonds. The van der Waals surface area contributed by atoms with Crippen molar-refractivity contribution in [1.29, 1.82) is 0 Å². The van der Waals surface area contributed by atoms with Crippen LogP contribution in [0.1, 0.15) is 15.9 Å². The van der Waals surface area contributed by atoms with Crippen LogP contribution in [-0.4, -0.2) is 20.7 Å². The Bertz CT molecular complexity index is 1120. The predicted molar refractivity (Wildman–Crippen MR) is 96.1 cm³/mol. The summed E-state index contributed by atoms with van der Waals surface area (Å²) in [6.07, 6.45) is -1.44. The maximum absolute atomic E-state index is 13.1. The van der Waals surface area contributed by atoms with Crippen LogP contribution in [-0.2, 0) is 6.18 Å². The molecule has 136 valence electrons. The van der Waals surface area contributed by atoms with Gasteiger partial charge < -0.3 is 5.32 Å². The van der Waals surface area contributed by atoms with E-state index in [9.17, 15) is 18.0 Å². The second kappa shape index (κ2) is 6.51. The van der Waals surface area contributed by atoms with Crippen LogP contribution in [0.3, 0.4) is 0 Å². The fraction of sp³-hybridized carbons (Fsp3) is 0.0556. The lowest BCUT2D eigenvalue weighted by molar-refractivity contribution is -0.137. The summed E-state index contributed by atoms with van der Waals surface area (Å²) in [6, 6.07) is 9.71. The van der Waals surface area contributed by atoms with Crippen LogP contribution >= 0.6 is 11.3 Å². The van der Waals surface area contributed by atoms with Gasteiger partial charge in [0.25, 0.3) is 5.91 Å². The zero-order chi connectivity index (χ0) is 19.0. The molecule has 0 fully saturated rings. The van der Waals surface area contributed by atoms with E-state index in [4.69, 9.17) is 0 Å². The van der Waals surface area contributed by atoms with Gasteiger partial charge in [0, 0.05) is 18.0 Å². The molecule has 0 saturated carbocycles. The first kappa shape index (κ1) is 17.2. The maximum Gasteiger partial charge on any atom is 0.416 e. The fourth-order valence-corrected chi connectivity index (χ4v) is 3.33. The SMILES string of the molecule is O=C(Nc1cc(C(F)(F)F)ccc1-n1cccn1)c1ccc2ncsc2c1. The van der Waals surface area contributed by atoms with E-state index >= 15 is 0 Å². The van der Waals surface area contributed by atoms with Crippen molar-refractivity contribution in [3.63, 3.8) is 0 Å². The molecule has 1 N–H and O–H groups in total. The number of thiazole rings is 1. The first-order valence-electron chi connectivity index (χ1n) is 7.78. The van der Waals surface area contributed by atoms with E-state index in [2.05, 4.69) is 15.4 Å². The van der Waals surface area contributed by atoms with E-state index in [-0.39, 0.29) is 5.69 Å². The van der Waals surface area contributed by atoms with Gasteiger partial charge in [0.2, 0.25) is 0 Å². The minimum absolute atomic E-state index is 0.0166. The number of nitrogens with zero attached hydrogens (tertiary/aromatic N) is 3. The number of amides is 1. The molecule has 2 heterocycles. The van der Waals surface area contributed by atoms with Gasteiger partial charge in [0.15, 0.2) is 0 Å². The van der Waals surface area contributed by atoms with E-state index in [1.165, 1.54) is 28.3 Å². The van der Waals surface area contributed by atoms with Gasteiger partial charge in [-0.15, -0.1) is 11.3 Å². The molecular weight excluding hydrogens is 377 g/mol. The van der Waals surface area contributed by atoms with Gasteiger partial charge in [-0.25, -0.2) is 9.67 Å². The Morgan fingerprint density at radius 1 is 1.15 bits per heavy atom. The Kier molecular flexibility index (Phi) is 4.15. The van der Waals surface area contributed by atoms with Crippen LogP contribution in [0, 0.1) is 0 Å². The Hall–Kier alpha value is -3.20. The molecular formula is C18H11F3N4OS. The van der Waals surface area contributed by atoms with Crippen molar-refractivity contribution in [2.45, 2.75) is 6.18 Å². The molecule has 9 heteroatoms. The van der Waals surface area contributed by atoms with Gasteiger partial charge in [-0.3, -0.25) is 4.79 Å². The van der Waals surface area contributed by atoms with Gasteiger partial charge in [0.1, 0.15) is 0 Å². The minimum atomic E-state index is -4.52. The predicted octanol–water partition coefficient (Wildman–Crippen LogP) is 4.75. The maximum atomic E-state index is 13.1. The quantitative estimate of drug-likeness (QED) is 0.551. The highest BCUT2D eigenvalue weighted by atomic mass is 32.1. The molecule has 5 nitrogen and oxygen atoms in total. The Morgan fingerprint density at radius 3 is 2.74 bits per heavy atom. The van der Waals surface area contributed by atoms with E-state index < -0.39 is 17.6 Å². The number of hydrogen-bond donors (Lipinski definition) is 1. The molecule has 0 saturated heterocycles. The number of rotatable bonds is 3. The highest BCUT2D eigenvalue weighted by molar-refractivity contribution is 7.16. The van der Waals surface area contributed by atoms with Crippen molar-refractivity contribution in [2.75, 3.05) is 5.32 Å². The molecule has 0 aliphatic carbocycles. The third-order valence-corrected chi connectivity index (χ3v) is 4.71. The number of carbonyl (C=O) groups is 1. The second-order valence-electron chi connectivity index (χ2n) is 5.67. The van der Waals surface area contributed by atoms with Crippen LogP contribution < -0.4 is 5.32 Å². The highest BCUT2D eigenvalue weighted by Crippen LogP contribution is 2.33. The largest absolute Gasteiger partial charge is 0.416 e. The lowest BCUT2D eigenvalue weighted by Crippen LogP contribution is -2.15. The summed E-state index contributed by atoms with van der Waals surface area (Å²) in [7, 11) is 0. The summed E-state index contributed by atoms with van der Waals surface area (Å²) in [5.74, 6) is -0.516. The van der Waals surface area contributed by atoms with Crippen molar-refractivity contribution < 1.29 is 18.0 Å². The fourth-order valence-electron chi connectivity index (χ4n) is 2.61. The lowest BCUT2D eigenvalue weighted by atomic mass is 10.1. The first-order chi connectivity index (χ1) is 12.9. The van der Waals surface area contributed by atoms with E-state index in [0.29, 0.717) is 11.3 Å². The summed E-state index contributed by atoms with van der Waals surface area (Å²) >= 11 is 1.38. The number of anilines is 1. The van der Waals surface area contributed by atoms with Gasteiger partial charge in [0.05, 0.1) is 32.7 Å². The van der Waals surface area contributed by atoms with Crippen LogP contribution in [0.25, 0.3) is 15.9 Å². The summed E-state index contributed by atoms with van der Waals surface area (Å²) in [6.45, 7) is 0. The number of carbonyl (C=O) groups excluding carboxylic acids is 1. The van der Waals surface area contributed by atoms with E-state index in [1.807, 2.05) is 0 Å². The smallest absolute Gasteiger partial charge is 0.320 e. The summed E-state index contributed by atoms with van der Waals surface area (Å²) in [4.78, 5) is 16.8.